The molecular formula is C20H24N4O4. The number of anilines is 1. The van der Waals surface area contributed by atoms with Gasteiger partial charge in [-0.1, -0.05) is 12.0 Å². The first-order valence-corrected chi connectivity index (χ1v) is 9.24. The van der Waals surface area contributed by atoms with Crippen LogP contribution in [0.3, 0.4) is 0 Å². The van der Waals surface area contributed by atoms with E-state index in [9.17, 15) is 14.4 Å². The highest BCUT2D eigenvalue weighted by Crippen LogP contribution is 2.25. The molecule has 1 fully saturated rings. The van der Waals surface area contributed by atoms with E-state index in [0.29, 0.717) is 24.6 Å². The number of carboxylic acid groups (broad SMARTS) is 1. The average Bonchev–Trinajstić information content (AvgIpc) is 2.69. The van der Waals surface area contributed by atoms with Gasteiger partial charge >= 0.3 is 5.97 Å². The molecule has 28 heavy (non-hydrogen) atoms. The van der Waals surface area contributed by atoms with Crippen LogP contribution in [0.4, 0.5) is 5.69 Å². The van der Waals surface area contributed by atoms with Crippen LogP contribution in [0.15, 0.2) is 18.2 Å². The SMILES string of the molecule is [3H]c1cc2c(cc1N1CCNCC1)C(=O)N(CC(=O)N[C@H](C#C)CC(=O)O)CC2. The molecule has 1 atom stereocenters. The van der Waals surface area contributed by atoms with Crippen molar-refractivity contribution in [2.24, 2.45) is 0 Å². The number of piperazine rings is 1. The molecule has 148 valence electrons. The minimum absolute atomic E-state index is 0.193. The number of rotatable bonds is 6. The number of fused-ring (bicyclic) bond motifs is 1. The number of amides is 2. The maximum atomic E-state index is 13.0. The van der Waals surface area contributed by atoms with E-state index in [2.05, 4.69) is 21.5 Å². The number of benzene rings is 1. The number of aliphatic carboxylic acids is 1. The number of nitrogens with one attached hydrogen (secondary N) is 2. The van der Waals surface area contributed by atoms with E-state index in [1.54, 1.807) is 12.1 Å². The number of carboxylic acids is 1. The summed E-state index contributed by atoms with van der Waals surface area (Å²) in [5.74, 6) is 0.357. The molecule has 2 heterocycles. The van der Waals surface area contributed by atoms with Gasteiger partial charge in [0, 0.05) is 44.0 Å². The zero-order chi connectivity index (χ0) is 21.0. The molecule has 1 saturated heterocycles. The van der Waals surface area contributed by atoms with Crippen LogP contribution in [0.1, 0.15) is 23.7 Å². The Bertz CT molecular complexity index is 861. The molecule has 0 spiro atoms. The van der Waals surface area contributed by atoms with Gasteiger partial charge in [0.05, 0.1) is 14.3 Å². The van der Waals surface area contributed by atoms with Gasteiger partial charge in [0.2, 0.25) is 5.91 Å². The van der Waals surface area contributed by atoms with Gasteiger partial charge in [-0.05, 0) is 24.1 Å². The van der Waals surface area contributed by atoms with Gasteiger partial charge in [-0.25, -0.2) is 0 Å². The number of nitrogens with zero attached hydrogens (tertiary/aromatic N) is 2. The summed E-state index contributed by atoms with van der Waals surface area (Å²) in [6, 6.07) is 2.97. The molecule has 8 nitrogen and oxygen atoms in total. The largest absolute Gasteiger partial charge is 0.481 e. The predicted octanol–water partition coefficient (Wildman–Crippen LogP) is -0.313. The monoisotopic (exact) mass is 386 g/mol. The second-order valence-electron chi connectivity index (χ2n) is 6.86. The molecular weight excluding hydrogens is 360 g/mol. The third-order valence-corrected chi connectivity index (χ3v) is 4.90. The van der Waals surface area contributed by atoms with Gasteiger partial charge in [0.25, 0.3) is 5.91 Å². The van der Waals surface area contributed by atoms with Gasteiger partial charge in [-0.3, -0.25) is 14.4 Å². The number of hydrogen-bond acceptors (Lipinski definition) is 5. The second-order valence-corrected chi connectivity index (χ2v) is 6.86. The topological polar surface area (TPSA) is 102 Å². The van der Waals surface area contributed by atoms with Crippen molar-refractivity contribution in [1.29, 1.82) is 0 Å². The van der Waals surface area contributed by atoms with Gasteiger partial charge < -0.3 is 25.5 Å². The molecule has 0 aliphatic carbocycles. The molecule has 1 aromatic carbocycles. The van der Waals surface area contributed by atoms with Crippen LogP contribution in [0.25, 0.3) is 0 Å². The molecule has 2 amide bonds. The van der Waals surface area contributed by atoms with Crippen LogP contribution in [-0.2, 0) is 16.0 Å². The summed E-state index contributed by atoms with van der Waals surface area (Å²) in [5, 5.41) is 14.6. The minimum atomic E-state index is -1.11. The number of terminal acetylenes is 1. The summed E-state index contributed by atoms with van der Waals surface area (Å²) < 4.78 is 8.31. The first-order chi connectivity index (χ1) is 13.9. The molecule has 1 aromatic rings. The Hall–Kier alpha value is -3.05. The molecule has 3 rings (SSSR count). The standard InChI is InChI=1S/C20H24N4O4/c1-2-15(11-19(26)27)22-18(25)13-24-8-5-14-3-4-16(12-17(14)20(24)28)23-9-6-21-7-10-23/h1,3-4,12,15,21H,5-11,13H2,(H,22,25)(H,26,27)/t15-/m1/s1/i4T. The van der Waals surface area contributed by atoms with E-state index in [1.807, 2.05) is 0 Å². The Morgan fingerprint density at radius 3 is 2.82 bits per heavy atom. The molecule has 0 radical (unpaired) electrons. The van der Waals surface area contributed by atoms with Crippen LogP contribution in [-0.4, -0.2) is 73.1 Å². The van der Waals surface area contributed by atoms with E-state index >= 15 is 0 Å². The fourth-order valence-corrected chi connectivity index (χ4v) is 3.42. The Labute approximate surface area is 165 Å². The lowest BCUT2D eigenvalue weighted by atomic mass is 9.97. The lowest BCUT2D eigenvalue weighted by Gasteiger charge is -2.32. The molecule has 0 saturated carbocycles. The van der Waals surface area contributed by atoms with Crippen molar-refractivity contribution in [2.45, 2.75) is 18.9 Å². The van der Waals surface area contributed by atoms with Crippen molar-refractivity contribution in [3.8, 4) is 12.3 Å². The molecule has 0 aromatic heterocycles. The van der Waals surface area contributed by atoms with Crippen LogP contribution in [0.2, 0.25) is 0 Å². The highest BCUT2D eigenvalue weighted by Gasteiger charge is 2.27. The lowest BCUT2D eigenvalue weighted by Crippen LogP contribution is -2.47. The van der Waals surface area contributed by atoms with Crippen LogP contribution >= 0.6 is 0 Å². The Morgan fingerprint density at radius 2 is 2.14 bits per heavy atom. The first kappa shape index (κ1) is 18.3. The zero-order valence-electron chi connectivity index (χ0n) is 16.5. The Balaban J connectivity index is 1.72. The fraction of sp³-hybridized carbons (Fsp3) is 0.450. The highest BCUT2D eigenvalue weighted by atomic mass is 16.4. The van der Waals surface area contributed by atoms with E-state index in [1.165, 1.54) is 4.90 Å². The van der Waals surface area contributed by atoms with Gasteiger partial charge in [0.1, 0.15) is 6.04 Å². The van der Waals surface area contributed by atoms with E-state index < -0.39 is 17.9 Å². The van der Waals surface area contributed by atoms with Crippen LogP contribution < -0.4 is 15.5 Å². The third-order valence-electron chi connectivity index (χ3n) is 4.90. The summed E-state index contributed by atoms with van der Waals surface area (Å²) in [7, 11) is 0. The first-order valence-electron chi connectivity index (χ1n) is 9.74. The normalized spacial score (nSPS) is 18.0. The fourth-order valence-electron chi connectivity index (χ4n) is 3.42. The third kappa shape index (κ3) is 4.61. The number of carbonyl (C=O) groups is 3. The summed E-state index contributed by atoms with van der Waals surface area (Å²) >= 11 is 0. The summed E-state index contributed by atoms with van der Waals surface area (Å²) in [6.07, 6.45) is 5.43. The molecule has 0 bridgehead atoms. The summed E-state index contributed by atoms with van der Waals surface area (Å²) in [5.41, 5.74) is 2.04. The van der Waals surface area contributed by atoms with Crippen molar-refractivity contribution in [3.63, 3.8) is 0 Å². The maximum absolute atomic E-state index is 13.0. The smallest absolute Gasteiger partial charge is 0.306 e. The molecule has 3 N–H and O–H groups in total. The zero-order valence-corrected chi connectivity index (χ0v) is 15.5. The van der Waals surface area contributed by atoms with Crippen LogP contribution in [0, 0.1) is 12.3 Å². The average molecular weight is 386 g/mol. The highest BCUT2D eigenvalue weighted by molar-refractivity contribution is 5.99. The van der Waals surface area contributed by atoms with E-state index in [0.717, 1.165) is 37.4 Å². The Kier molecular flexibility index (Phi) is 5.73. The van der Waals surface area contributed by atoms with Crippen LogP contribution in [0.5, 0.6) is 0 Å². The van der Waals surface area contributed by atoms with Crippen molar-refractivity contribution in [3.05, 3.63) is 29.3 Å². The number of carbonyl (C=O) groups excluding carboxylic acids is 2. The second kappa shape index (κ2) is 8.76. The van der Waals surface area contributed by atoms with Gasteiger partial charge in [-0.15, -0.1) is 6.42 Å². The van der Waals surface area contributed by atoms with Crippen molar-refractivity contribution in [1.82, 2.24) is 15.5 Å². The van der Waals surface area contributed by atoms with Gasteiger partial charge in [0.15, 0.2) is 0 Å². The summed E-state index contributed by atoms with van der Waals surface area (Å²) in [4.78, 5) is 39.5. The summed E-state index contributed by atoms with van der Waals surface area (Å²) in [6.45, 7) is 3.34. The quantitative estimate of drug-likeness (QED) is 0.580. The molecule has 2 aliphatic heterocycles. The van der Waals surface area contributed by atoms with Crippen molar-refractivity contribution < 1.29 is 20.9 Å². The molecule has 2 aliphatic rings. The number of hydrogen-bond donors (Lipinski definition) is 3. The molecule has 8 heteroatoms. The van der Waals surface area contributed by atoms with Crippen molar-refractivity contribution >= 4 is 23.5 Å². The lowest BCUT2D eigenvalue weighted by molar-refractivity contribution is -0.137. The predicted molar refractivity (Wildman–Crippen MR) is 104 cm³/mol. The van der Waals surface area contributed by atoms with E-state index in [4.69, 9.17) is 12.9 Å². The minimum Gasteiger partial charge on any atom is -0.481 e. The van der Waals surface area contributed by atoms with Crippen molar-refractivity contribution in [2.75, 3.05) is 44.2 Å². The maximum Gasteiger partial charge on any atom is 0.306 e. The van der Waals surface area contributed by atoms with Gasteiger partial charge in [-0.2, -0.15) is 0 Å². The Morgan fingerprint density at radius 1 is 1.39 bits per heavy atom. The molecule has 0 unspecified atom stereocenters. The van der Waals surface area contributed by atoms with E-state index in [-0.39, 0.29) is 18.9 Å².